The topological polar surface area (TPSA) is 126 Å². The van der Waals surface area contributed by atoms with Gasteiger partial charge in [-0.2, -0.15) is 4.68 Å². The molecule has 2 rings (SSSR count). The molecule has 1 aromatic rings. The molecule has 16 heavy (non-hydrogen) atoms. The summed E-state index contributed by atoms with van der Waals surface area (Å²) in [6, 6.07) is 0. The fourth-order valence-electron chi connectivity index (χ4n) is 1.61. The van der Waals surface area contributed by atoms with Crippen molar-refractivity contribution in [2.45, 2.75) is 24.5 Å². The number of anilines is 1. The normalized spacial score (nSPS) is 34.2. The lowest BCUT2D eigenvalue weighted by Crippen LogP contribution is -2.33. The second-order valence-corrected chi connectivity index (χ2v) is 3.43. The highest BCUT2D eigenvalue weighted by Gasteiger charge is 2.44. The predicted molar refractivity (Wildman–Crippen MR) is 50.4 cm³/mol. The van der Waals surface area contributed by atoms with Crippen LogP contribution in [0.2, 0.25) is 0 Å². The first-order valence-corrected chi connectivity index (χ1v) is 4.77. The van der Waals surface area contributed by atoms with Crippen molar-refractivity contribution in [3.8, 4) is 0 Å². The number of hydrogen-bond donors (Lipinski definition) is 4. The SMILES string of the molecule is CNc1nnnn1[C@@H]1O[C@H](CO)[C@@H](O)[C@H]1O. The largest absolute Gasteiger partial charge is 0.394 e. The Morgan fingerprint density at radius 2 is 2.19 bits per heavy atom. The minimum Gasteiger partial charge on any atom is -0.394 e. The van der Waals surface area contributed by atoms with E-state index in [0.717, 1.165) is 0 Å². The van der Waals surface area contributed by atoms with E-state index in [4.69, 9.17) is 9.84 Å². The molecule has 0 bridgehead atoms. The van der Waals surface area contributed by atoms with Gasteiger partial charge in [-0.25, -0.2) is 0 Å². The van der Waals surface area contributed by atoms with Gasteiger partial charge in [-0.1, -0.05) is 5.10 Å². The minimum absolute atomic E-state index is 0.301. The molecule has 1 aliphatic rings. The summed E-state index contributed by atoms with van der Waals surface area (Å²) in [4.78, 5) is 0. The quantitative estimate of drug-likeness (QED) is 0.443. The van der Waals surface area contributed by atoms with Crippen molar-refractivity contribution in [1.82, 2.24) is 20.2 Å². The molecule has 1 fully saturated rings. The van der Waals surface area contributed by atoms with E-state index in [9.17, 15) is 10.2 Å². The first-order valence-electron chi connectivity index (χ1n) is 4.77. The van der Waals surface area contributed by atoms with E-state index in [2.05, 4.69) is 20.8 Å². The summed E-state index contributed by atoms with van der Waals surface area (Å²) in [5.74, 6) is 0.301. The number of hydrogen-bond acceptors (Lipinski definition) is 8. The fraction of sp³-hybridized carbons (Fsp3) is 0.857. The molecule has 0 saturated carbocycles. The molecule has 0 unspecified atom stereocenters. The summed E-state index contributed by atoms with van der Waals surface area (Å²) in [6.45, 7) is -0.383. The zero-order valence-electron chi connectivity index (χ0n) is 8.56. The van der Waals surface area contributed by atoms with Crippen LogP contribution in [0.3, 0.4) is 0 Å². The second kappa shape index (κ2) is 4.29. The third-order valence-corrected chi connectivity index (χ3v) is 2.47. The Kier molecular flexibility index (Phi) is 3.01. The lowest BCUT2D eigenvalue weighted by Gasteiger charge is -2.15. The van der Waals surface area contributed by atoms with Crippen LogP contribution in [0.25, 0.3) is 0 Å². The van der Waals surface area contributed by atoms with Gasteiger partial charge in [0.15, 0.2) is 6.23 Å². The van der Waals surface area contributed by atoms with E-state index in [-0.39, 0.29) is 6.61 Å². The molecule has 4 N–H and O–H groups in total. The molecular formula is C7H13N5O4. The van der Waals surface area contributed by atoms with Crippen LogP contribution in [0.1, 0.15) is 6.23 Å². The van der Waals surface area contributed by atoms with Crippen LogP contribution >= 0.6 is 0 Å². The Labute approximate surface area is 90.6 Å². The summed E-state index contributed by atoms with van der Waals surface area (Å²) < 4.78 is 6.46. The van der Waals surface area contributed by atoms with Gasteiger partial charge in [0, 0.05) is 7.05 Å². The maximum atomic E-state index is 9.72. The summed E-state index contributed by atoms with van der Waals surface area (Å²) in [6.07, 6.45) is -4.10. The van der Waals surface area contributed by atoms with Crippen LogP contribution < -0.4 is 5.32 Å². The van der Waals surface area contributed by atoms with Crippen molar-refractivity contribution in [3.63, 3.8) is 0 Å². The van der Waals surface area contributed by atoms with E-state index in [1.807, 2.05) is 0 Å². The van der Waals surface area contributed by atoms with Gasteiger partial charge >= 0.3 is 0 Å². The molecule has 0 radical (unpaired) electrons. The van der Waals surface area contributed by atoms with Crippen LogP contribution in [0.4, 0.5) is 5.95 Å². The van der Waals surface area contributed by atoms with Crippen molar-refractivity contribution in [2.24, 2.45) is 0 Å². The maximum absolute atomic E-state index is 9.72. The third-order valence-electron chi connectivity index (χ3n) is 2.47. The molecule has 1 aliphatic heterocycles. The summed E-state index contributed by atoms with van der Waals surface area (Å²) >= 11 is 0. The van der Waals surface area contributed by atoms with Gasteiger partial charge in [0.05, 0.1) is 6.61 Å². The van der Waals surface area contributed by atoms with Crippen molar-refractivity contribution >= 4 is 5.95 Å². The molecule has 1 aromatic heterocycles. The Morgan fingerprint density at radius 1 is 1.44 bits per heavy atom. The van der Waals surface area contributed by atoms with Gasteiger partial charge in [-0.15, -0.1) is 0 Å². The van der Waals surface area contributed by atoms with E-state index in [0.29, 0.717) is 5.95 Å². The molecule has 1 saturated heterocycles. The molecule has 9 nitrogen and oxygen atoms in total. The molecule has 9 heteroatoms. The highest BCUT2D eigenvalue weighted by atomic mass is 16.6. The van der Waals surface area contributed by atoms with Gasteiger partial charge < -0.3 is 25.4 Å². The average molecular weight is 231 g/mol. The summed E-state index contributed by atoms with van der Waals surface area (Å²) in [5.41, 5.74) is 0. The van der Waals surface area contributed by atoms with E-state index < -0.39 is 24.5 Å². The van der Waals surface area contributed by atoms with Crippen molar-refractivity contribution in [3.05, 3.63) is 0 Å². The van der Waals surface area contributed by atoms with Gasteiger partial charge in [-0.05, 0) is 10.4 Å². The number of rotatable bonds is 3. The van der Waals surface area contributed by atoms with E-state index in [1.54, 1.807) is 7.05 Å². The first-order chi connectivity index (χ1) is 7.69. The zero-order valence-corrected chi connectivity index (χ0v) is 8.56. The molecular weight excluding hydrogens is 218 g/mol. The van der Waals surface area contributed by atoms with Crippen LogP contribution in [0.15, 0.2) is 0 Å². The van der Waals surface area contributed by atoms with Crippen LogP contribution in [0, 0.1) is 0 Å². The molecule has 2 heterocycles. The minimum atomic E-state index is -1.19. The van der Waals surface area contributed by atoms with Gasteiger partial charge in [-0.3, -0.25) is 0 Å². The molecule has 0 amide bonds. The lowest BCUT2D eigenvalue weighted by atomic mass is 10.1. The Morgan fingerprint density at radius 3 is 2.75 bits per heavy atom. The zero-order chi connectivity index (χ0) is 11.7. The molecule has 90 valence electrons. The Bertz CT molecular complexity index is 358. The molecule has 0 aromatic carbocycles. The molecule has 0 aliphatic carbocycles. The van der Waals surface area contributed by atoms with Crippen molar-refractivity contribution < 1.29 is 20.1 Å². The smallest absolute Gasteiger partial charge is 0.245 e. The number of aromatic nitrogens is 4. The Balaban J connectivity index is 2.22. The standard InChI is InChI=1S/C7H13N5O4/c1-8-7-9-10-11-12(7)6-5(15)4(14)3(2-13)16-6/h3-6,13-15H,2H2,1H3,(H,8,9,11)/t3-,4-,5-,6-/m1/s1. The number of nitrogens with zero attached hydrogens (tertiary/aromatic N) is 4. The second-order valence-electron chi connectivity index (χ2n) is 3.43. The summed E-state index contributed by atoms with van der Waals surface area (Å²) in [7, 11) is 1.61. The maximum Gasteiger partial charge on any atom is 0.245 e. The number of tetrazole rings is 1. The van der Waals surface area contributed by atoms with Crippen LogP contribution in [0.5, 0.6) is 0 Å². The highest BCUT2D eigenvalue weighted by Crippen LogP contribution is 2.29. The fourth-order valence-corrected chi connectivity index (χ4v) is 1.61. The van der Waals surface area contributed by atoms with E-state index in [1.165, 1.54) is 4.68 Å². The highest BCUT2D eigenvalue weighted by molar-refractivity contribution is 5.20. The molecule has 0 spiro atoms. The third kappa shape index (κ3) is 1.63. The van der Waals surface area contributed by atoms with Crippen molar-refractivity contribution in [1.29, 1.82) is 0 Å². The molecule has 4 atom stereocenters. The number of aliphatic hydroxyl groups excluding tert-OH is 3. The first kappa shape index (κ1) is 11.2. The average Bonchev–Trinajstić information content (AvgIpc) is 2.86. The van der Waals surface area contributed by atoms with Crippen LogP contribution in [-0.2, 0) is 4.74 Å². The number of aliphatic hydroxyl groups is 3. The van der Waals surface area contributed by atoms with Crippen molar-refractivity contribution in [2.75, 3.05) is 19.0 Å². The van der Waals surface area contributed by atoms with Crippen LogP contribution in [-0.4, -0.2) is 67.5 Å². The van der Waals surface area contributed by atoms with Gasteiger partial charge in [0.25, 0.3) is 0 Å². The monoisotopic (exact) mass is 231 g/mol. The Hall–Kier alpha value is -1.29. The van der Waals surface area contributed by atoms with E-state index >= 15 is 0 Å². The lowest BCUT2D eigenvalue weighted by molar-refractivity contribution is -0.0583. The predicted octanol–water partition coefficient (Wildman–Crippen LogP) is -2.67. The van der Waals surface area contributed by atoms with Gasteiger partial charge in [0.2, 0.25) is 5.95 Å². The van der Waals surface area contributed by atoms with Gasteiger partial charge in [0.1, 0.15) is 18.3 Å². The number of ether oxygens (including phenoxy) is 1. The number of nitrogens with one attached hydrogen (secondary N) is 1. The summed E-state index contributed by atoms with van der Waals surface area (Å²) in [5, 5.41) is 41.6.